The summed E-state index contributed by atoms with van der Waals surface area (Å²) in [5.74, 6) is 1.18. The topological polar surface area (TPSA) is 17.1 Å². The number of halogens is 2. The summed E-state index contributed by atoms with van der Waals surface area (Å²) in [7, 11) is 0. The lowest BCUT2D eigenvalue weighted by molar-refractivity contribution is -0.121. The van der Waals surface area contributed by atoms with Gasteiger partial charge in [0.1, 0.15) is 3.74 Å². The second kappa shape index (κ2) is 6.14. The van der Waals surface area contributed by atoms with Crippen LogP contribution in [0.2, 0.25) is 0 Å². The number of hydrogen-bond donors (Lipinski definition) is 0. The van der Waals surface area contributed by atoms with E-state index in [0.717, 1.165) is 25.7 Å². The molecule has 1 nitrogen and oxygen atoms in total. The van der Waals surface area contributed by atoms with Crippen molar-refractivity contribution in [2.24, 2.45) is 5.92 Å². The lowest BCUT2D eigenvalue weighted by Crippen LogP contribution is -2.24. The van der Waals surface area contributed by atoms with Crippen LogP contribution in [0.1, 0.15) is 37.2 Å². The highest BCUT2D eigenvalue weighted by atomic mass is 79.9. The Bertz CT molecular complexity index is 367. The number of benzene rings is 1. The fourth-order valence-corrected chi connectivity index (χ4v) is 3.36. The summed E-state index contributed by atoms with van der Waals surface area (Å²) in [6.45, 7) is 0. The van der Waals surface area contributed by atoms with Gasteiger partial charge in [-0.2, -0.15) is 0 Å². The van der Waals surface area contributed by atoms with Gasteiger partial charge in [-0.05, 0) is 37.2 Å². The van der Waals surface area contributed by atoms with Crippen LogP contribution in [0.15, 0.2) is 30.3 Å². The molecule has 1 saturated carbocycles. The molecule has 1 fully saturated rings. The van der Waals surface area contributed by atoms with Gasteiger partial charge in [-0.15, -0.1) is 0 Å². The maximum Gasteiger partial charge on any atom is 0.160 e. The van der Waals surface area contributed by atoms with E-state index in [1.807, 2.05) is 0 Å². The third-order valence-corrected chi connectivity index (χ3v) is 4.52. The van der Waals surface area contributed by atoms with Gasteiger partial charge < -0.3 is 0 Å². The van der Waals surface area contributed by atoms with Crippen molar-refractivity contribution in [3.63, 3.8) is 0 Å². The van der Waals surface area contributed by atoms with Gasteiger partial charge in [-0.3, -0.25) is 4.79 Å². The number of rotatable bonds is 3. The third-order valence-electron chi connectivity index (χ3n) is 3.62. The van der Waals surface area contributed by atoms with E-state index in [0.29, 0.717) is 11.7 Å². The Morgan fingerprint density at radius 2 is 1.65 bits per heavy atom. The normalized spacial score (nSPS) is 24.9. The smallest absolute Gasteiger partial charge is 0.160 e. The lowest BCUT2D eigenvalue weighted by Gasteiger charge is -2.28. The first-order valence-corrected chi connectivity index (χ1v) is 7.88. The molecule has 1 aromatic carbocycles. The van der Waals surface area contributed by atoms with Crippen LogP contribution in [0, 0.1) is 5.92 Å². The van der Waals surface area contributed by atoms with Crippen LogP contribution >= 0.6 is 31.9 Å². The standard InChI is InChI=1S/C14H16Br2O/c15-14(16)13(17)12-8-6-11(7-9-12)10-4-2-1-3-5-10/h1-5,11-12,14H,6-9H2. The Kier molecular flexibility index (Phi) is 4.80. The van der Waals surface area contributed by atoms with Crippen LogP contribution in [0.5, 0.6) is 0 Å². The molecule has 0 radical (unpaired) electrons. The van der Waals surface area contributed by atoms with Crippen molar-refractivity contribution in [2.75, 3.05) is 0 Å². The summed E-state index contributed by atoms with van der Waals surface area (Å²) in [5.41, 5.74) is 1.42. The average molecular weight is 360 g/mol. The van der Waals surface area contributed by atoms with Gasteiger partial charge in [0.2, 0.25) is 0 Å². The van der Waals surface area contributed by atoms with Crippen LogP contribution in [-0.4, -0.2) is 9.52 Å². The van der Waals surface area contributed by atoms with E-state index < -0.39 is 0 Å². The minimum absolute atomic E-state index is 0.173. The number of carbonyl (C=O) groups is 1. The molecule has 1 aliphatic rings. The molecule has 17 heavy (non-hydrogen) atoms. The van der Waals surface area contributed by atoms with Gasteiger partial charge >= 0.3 is 0 Å². The van der Waals surface area contributed by atoms with Crippen molar-refractivity contribution in [1.29, 1.82) is 0 Å². The zero-order chi connectivity index (χ0) is 12.3. The van der Waals surface area contributed by atoms with Crippen molar-refractivity contribution < 1.29 is 4.79 Å². The first-order valence-electron chi connectivity index (χ1n) is 6.05. The molecular weight excluding hydrogens is 344 g/mol. The Morgan fingerprint density at radius 1 is 1.06 bits per heavy atom. The molecule has 2 rings (SSSR count). The Morgan fingerprint density at radius 3 is 2.18 bits per heavy atom. The Labute approximate surface area is 119 Å². The highest BCUT2D eigenvalue weighted by Crippen LogP contribution is 2.37. The van der Waals surface area contributed by atoms with Gasteiger partial charge in [-0.1, -0.05) is 62.2 Å². The third kappa shape index (κ3) is 3.41. The molecule has 0 aromatic heterocycles. The zero-order valence-electron chi connectivity index (χ0n) is 9.61. The maximum atomic E-state index is 11.8. The summed E-state index contributed by atoms with van der Waals surface area (Å²) in [5, 5.41) is 0. The van der Waals surface area contributed by atoms with Crippen LogP contribution < -0.4 is 0 Å². The molecule has 92 valence electrons. The van der Waals surface area contributed by atoms with Crippen molar-refractivity contribution in [2.45, 2.75) is 35.3 Å². The van der Waals surface area contributed by atoms with Crippen LogP contribution in [-0.2, 0) is 4.79 Å². The van der Waals surface area contributed by atoms with E-state index >= 15 is 0 Å². The predicted octanol–water partition coefficient (Wildman–Crippen LogP) is 4.65. The van der Waals surface area contributed by atoms with Crippen LogP contribution in [0.3, 0.4) is 0 Å². The van der Waals surface area contributed by atoms with E-state index in [1.165, 1.54) is 5.56 Å². The molecule has 0 unspecified atom stereocenters. The number of Topliss-reactive ketones (excluding diaryl/α,β-unsaturated/α-hetero) is 1. The van der Waals surface area contributed by atoms with Crippen LogP contribution in [0.25, 0.3) is 0 Å². The average Bonchev–Trinajstić information content (AvgIpc) is 2.39. The number of ketones is 1. The SMILES string of the molecule is O=C(C(Br)Br)C1CCC(c2ccccc2)CC1. The first-order chi connectivity index (χ1) is 8.18. The maximum absolute atomic E-state index is 11.8. The van der Waals surface area contributed by atoms with E-state index in [4.69, 9.17) is 0 Å². The summed E-state index contributed by atoms with van der Waals surface area (Å²) >= 11 is 6.60. The lowest BCUT2D eigenvalue weighted by atomic mass is 9.77. The van der Waals surface area contributed by atoms with E-state index in [1.54, 1.807) is 0 Å². The van der Waals surface area contributed by atoms with Gasteiger partial charge in [0, 0.05) is 5.92 Å². The quantitative estimate of drug-likeness (QED) is 0.718. The van der Waals surface area contributed by atoms with Crippen LogP contribution in [0.4, 0.5) is 0 Å². The first kappa shape index (κ1) is 13.3. The minimum Gasteiger partial charge on any atom is -0.297 e. The molecule has 0 N–H and O–H groups in total. The summed E-state index contributed by atoms with van der Waals surface area (Å²) in [6.07, 6.45) is 4.30. The van der Waals surface area contributed by atoms with Gasteiger partial charge in [0.05, 0.1) is 0 Å². The summed E-state index contributed by atoms with van der Waals surface area (Å²) < 4.78 is -0.173. The van der Waals surface area contributed by atoms with E-state index in [9.17, 15) is 4.79 Å². The molecule has 1 aromatic rings. The second-order valence-electron chi connectivity index (χ2n) is 4.66. The highest BCUT2D eigenvalue weighted by molar-refractivity contribution is 9.25. The molecular formula is C14H16Br2O. The van der Waals surface area contributed by atoms with Gasteiger partial charge in [0.15, 0.2) is 5.78 Å². The number of alkyl halides is 2. The Balaban J connectivity index is 1.93. The monoisotopic (exact) mass is 358 g/mol. The fraction of sp³-hybridized carbons (Fsp3) is 0.500. The molecule has 0 saturated heterocycles. The molecule has 0 bridgehead atoms. The second-order valence-corrected chi connectivity index (χ2v) is 7.72. The van der Waals surface area contributed by atoms with Gasteiger partial charge in [0.25, 0.3) is 0 Å². The summed E-state index contributed by atoms with van der Waals surface area (Å²) in [6, 6.07) is 10.6. The van der Waals surface area contributed by atoms with Crippen molar-refractivity contribution >= 4 is 37.6 Å². The summed E-state index contributed by atoms with van der Waals surface area (Å²) in [4.78, 5) is 11.8. The molecule has 0 atom stereocenters. The highest BCUT2D eigenvalue weighted by Gasteiger charge is 2.29. The number of carbonyl (C=O) groups excluding carboxylic acids is 1. The molecule has 0 spiro atoms. The molecule has 0 amide bonds. The van der Waals surface area contributed by atoms with Crippen molar-refractivity contribution in [3.8, 4) is 0 Å². The Hall–Kier alpha value is -0.150. The number of hydrogen-bond acceptors (Lipinski definition) is 1. The van der Waals surface area contributed by atoms with Gasteiger partial charge in [-0.25, -0.2) is 0 Å². The van der Waals surface area contributed by atoms with Crippen molar-refractivity contribution in [1.82, 2.24) is 0 Å². The fourth-order valence-electron chi connectivity index (χ4n) is 2.61. The molecule has 1 aliphatic carbocycles. The van der Waals surface area contributed by atoms with E-state index in [2.05, 4.69) is 62.2 Å². The van der Waals surface area contributed by atoms with Crippen molar-refractivity contribution in [3.05, 3.63) is 35.9 Å². The molecule has 0 heterocycles. The molecule has 3 heteroatoms. The molecule has 0 aliphatic heterocycles. The zero-order valence-corrected chi connectivity index (χ0v) is 12.8. The predicted molar refractivity (Wildman–Crippen MR) is 77.8 cm³/mol. The van der Waals surface area contributed by atoms with E-state index in [-0.39, 0.29) is 9.65 Å². The largest absolute Gasteiger partial charge is 0.297 e. The minimum atomic E-state index is -0.173.